The highest BCUT2D eigenvalue weighted by Gasteiger charge is 2.28. The van der Waals surface area contributed by atoms with Crippen LogP contribution in [0.4, 0.5) is 0 Å². The topological polar surface area (TPSA) is 23.6 Å². The maximum Gasteiger partial charge on any atom is 0.254 e. The molecule has 0 radical (unpaired) electrons. The Morgan fingerprint density at radius 1 is 1.21 bits per heavy atom. The molecule has 3 heterocycles. The first-order valence-electron chi connectivity index (χ1n) is 7.01. The number of hydrogen-bond acceptors (Lipinski definition) is 3. The molecule has 3 rings (SSSR count). The summed E-state index contributed by atoms with van der Waals surface area (Å²) in [5.41, 5.74) is 0.869. The van der Waals surface area contributed by atoms with Crippen molar-refractivity contribution < 1.29 is 4.79 Å². The van der Waals surface area contributed by atoms with Crippen molar-refractivity contribution in [2.45, 2.75) is 31.7 Å². The van der Waals surface area contributed by atoms with E-state index in [4.69, 9.17) is 0 Å². The van der Waals surface area contributed by atoms with Crippen molar-refractivity contribution in [1.82, 2.24) is 9.80 Å². The summed E-state index contributed by atoms with van der Waals surface area (Å²) >= 11 is 3.92. The second-order valence-electron chi connectivity index (χ2n) is 5.41. The van der Waals surface area contributed by atoms with E-state index >= 15 is 0 Å². The fourth-order valence-corrected chi connectivity index (χ4v) is 4.47. The molecule has 5 heteroatoms. The van der Waals surface area contributed by atoms with Gasteiger partial charge in [0.2, 0.25) is 0 Å². The fraction of sp³-hybridized carbons (Fsp3) is 0.643. The predicted molar refractivity (Wildman–Crippen MR) is 86.8 cm³/mol. The molecule has 2 aliphatic rings. The number of thiophene rings is 1. The average Bonchev–Trinajstić information content (AvgIpc) is 3.09. The van der Waals surface area contributed by atoms with Crippen LogP contribution in [0.25, 0.3) is 0 Å². The third-order valence-corrected chi connectivity index (χ3v) is 6.01. The monoisotopic (exact) mass is 390 g/mol. The van der Waals surface area contributed by atoms with Crippen molar-refractivity contribution in [3.8, 4) is 0 Å². The lowest BCUT2D eigenvalue weighted by Gasteiger charge is -2.36. The Balaban J connectivity index is 1.56. The summed E-state index contributed by atoms with van der Waals surface area (Å²) in [7, 11) is 0. The molecule has 1 aromatic heterocycles. The third-order valence-electron chi connectivity index (χ3n) is 4.22. The highest BCUT2D eigenvalue weighted by Crippen LogP contribution is 2.23. The van der Waals surface area contributed by atoms with E-state index in [2.05, 4.69) is 27.5 Å². The zero-order chi connectivity index (χ0) is 13.2. The predicted octanol–water partition coefficient (Wildman–Crippen LogP) is 3.05. The summed E-state index contributed by atoms with van der Waals surface area (Å²) in [5, 5.41) is 1.98. The number of piperidine rings is 1. The van der Waals surface area contributed by atoms with Crippen molar-refractivity contribution in [3.05, 3.63) is 19.9 Å². The van der Waals surface area contributed by atoms with Gasteiger partial charge in [0, 0.05) is 24.5 Å². The normalized spacial score (nSPS) is 22.1. The number of carbonyl (C=O) groups excluding carboxylic acids is 1. The number of amides is 1. The largest absolute Gasteiger partial charge is 0.339 e. The SMILES string of the molecule is O=C(c1csc(I)c1)N1CCC(N2CCCC2)CC1. The van der Waals surface area contributed by atoms with Gasteiger partial charge >= 0.3 is 0 Å². The van der Waals surface area contributed by atoms with Crippen LogP contribution < -0.4 is 0 Å². The van der Waals surface area contributed by atoms with E-state index in [0.29, 0.717) is 6.04 Å². The first-order valence-corrected chi connectivity index (χ1v) is 8.97. The molecule has 19 heavy (non-hydrogen) atoms. The van der Waals surface area contributed by atoms with E-state index in [-0.39, 0.29) is 5.91 Å². The molecule has 0 aromatic carbocycles. The first-order chi connectivity index (χ1) is 9.24. The van der Waals surface area contributed by atoms with Crippen LogP contribution in [-0.4, -0.2) is 47.9 Å². The van der Waals surface area contributed by atoms with E-state index in [9.17, 15) is 4.79 Å². The number of likely N-dealkylation sites (tertiary alicyclic amines) is 2. The molecule has 2 aliphatic heterocycles. The van der Waals surface area contributed by atoms with Gasteiger partial charge in [0.15, 0.2) is 0 Å². The first kappa shape index (κ1) is 13.8. The summed E-state index contributed by atoms with van der Waals surface area (Å²) in [6.07, 6.45) is 5.00. The Morgan fingerprint density at radius 2 is 1.89 bits per heavy atom. The van der Waals surface area contributed by atoms with Crippen molar-refractivity contribution in [2.24, 2.45) is 0 Å². The molecule has 0 bridgehead atoms. The molecule has 0 N–H and O–H groups in total. The van der Waals surface area contributed by atoms with Crippen molar-refractivity contribution in [3.63, 3.8) is 0 Å². The van der Waals surface area contributed by atoms with Gasteiger partial charge in [-0.15, -0.1) is 11.3 Å². The lowest BCUT2D eigenvalue weighted by atomic mass is 10.0. The lowest BCUT2D eigenvalue weighted by Crippen LogP contribution is -2.45. The minimum atomic E-state index is 0.221. The summed E-state index contributed by atoms with van der Waals surface area (Å²) in [6, 6.07) is 2.72. The van der Waals surface area contributed by atoms with E-state index in [1.54, 1.807) is 11.3 Å². The smallest absolute Gasteiger partial charge is 0.254 e. The molecule has 3 nitrogen and oxygen atoms in total. The Hall–Kier alpha value is -0.140. The van der Waals surface area contributed by atoms with Gasteiger partial charge in [0.05, 0.1) is 8.45 Å². The second-order valence-corrected chi connectivity index (χ2v) is 8.21. The molecule has 1 amide bonds. The van der Waals surface area contributed by atoms with Crippen LogP contribution >= 0.6 is 33.9 Å². The molecular weight excluding hydrogens is 371 g/mol. The Kier molecular flexibility index (Phi) is 4.44. The molecule has 1 aromatic rings. The van der Waals surface area contributed by atoms with Gasteiger partial charge in [0.25, 0.3) is 5.91 Å². The molecule has 0 atom stereocenters. The number of nitrogens with zero attached hydrogens (tertiary/aromatic N) is 2. The van der Waals surface area contributed by atoms with Crippen LogP contribution in [0, 0.1) is 2.88 Å². The van der Waals surface area contributed by atoms with Crippen LogP contribution in [0.1, 0.15) is 36.0 Å². The van der Waals surface area contributed by atoms with Gasteiger partial charge < -0.3 is 9.80 Å². The van der Waals surface area contributed by atoms with Crippen LogP contribution in [0.15, 0.2) is 11.4 Å². The molecule has 0 aliphatic carbocycles. The van der Waals surface area contributed by atoms with Crippen LogP contribution in [0.3, 0.4) is 0 Å². The fourth-order valence-electron chi connectivity index (χ4n) is 3.15. The summed E-state index contributed by atoms with van der Waals surface area (Å²) in [5.74, 6) is 0.221. The maximum absolute atomic E-state index is 12.4. The maximum atomic E-state index is 12.4. The van der Waals surface area contributed by atoms with Crippen LogP contribution in [0.2, 0.25) is 0 Å². The Bertz CT molecular complexity index is 448. The quantitative estimate of drug-likeness (QED) is 0.725. The van der Waals surface area contributed by atoms with Gasteiger partial charge in [-0.25, -0.2) is 0 Å². The van der Waals surface area contributed by atoms with Gasteiger partial charge in [-0.1, -0.05) is 0 Å². The minimum Gasteiger partial charge on any atom is -0.339 e. The molecule has 2 fully saturated rings. The molecule has 104 valence electrons. The summed E-state index contributed by atoms with van der Waals surface area (Å²) < 4.78 is 1.19. The van der Waals surface area contributed by atoms with E-state index in [1.165, 1.54) is 28.8 Å². The number of hydrogen-bond donors (Lipinski definition) is 0. The number of carbonyl (C=O) groups is 1. The van der Waals surface area contributed by atoms with Crippen molar-refractivity contribution >= 4 is 39.8 Å². The van der Waals surface area contributed by atoms with Crippen LogP contribution in [-0.2, 0) is 0 Å². The Labute approximate surface area is 132 Å². The zero-order valence-corrected chi connectivity index (χ0v) is 14.0. The van der Waals surface area contributed by atoms with Crippen molar-refractivity contribution in [2.75, 3.05) is 26.2 Å². The average molecular weight is 390 g/mol. The molecule has 0 saturated carbocycles. The highest BCUT2D eigenvalue weighted by molar-refractivity contribution is 14.1. The van der Waals surface area contributed by atoms with Crippen molar-refractivity contribution in [1.29, 1.82) is 0 Å². The zero-order valence-electron chi connectivity index (χ0n) is 11.0. The summed E-state index contributed by atoms with van der Waals surface area (Å²) in [6.45, 7) is 4.38. The number of halogens is 1. The molecule has 0 spiro atoms. The minimum absolute atomic E-state index is 0.221. The van der Waals surface area contributed by atoms with E-state index < -0.39 is 0 Å². The lowest BCUT2D eigenvalue weighted by molar-refractivity contribution is 0.0645. The van der Waals surface area contributed by atoms with Gasteiger partial charge in [-0.05, 0) is 67.4 Å². The molecule has 2 saturated heterocycles. The highest BCUT2D eigenvalue weighted by atomic mass is 127. The Morgan fingerprint density at radius 3 is 2.47 bits per heavy atom. The summed E-state index contributed by atoms with van der Waals surface area (Å²) in [4.78, 5) is 17.0. The third kappa shape index (κ3) is 3.13. The van der Waals surface area contributed by atoms with E-state index in [0.717, 1.165) is 31.5 Å². The molecular formula is C14H19IN2OS. The van der Waals surface area contributed by atoms with Crippen LogP contribution in [0.5, 0.6) is 0 Å². The number of rotatable bonds is 2. The second kappa shape index (κ2) is 6.10. The van der Waals surface area contributed by atoms with Gasteiger partial charge in [-0.2, -0.15) is 0 Å². The molecule has 0 unspecified atom stereocenters. The van der Waals surface area contributed by atoms with Gasteiger partial charge in [0.1, 0.15) is 0 Å². The van der Waals surface area contributed by atoms with E-state index in [1.807, 2.05) is 16.3 Å². The van der Waals surface area contributed by atoms with Gasteiger partial charge in [-0.3, -0.25) is 4.79 Å². The standard InChI is InChI=1S/C14H19IN2OS/c15-13-9-11(10-19-13)14(18)17-7-3-12(4-8-17)16-5-1-2-6-16/h9-10,12H,1-8H2.